The number of hydrogen-bond donors (Lipinski definition) is 1. The zero-order chi connectivity index (χ0) is 11.3. The quantitative estimate of drug-likeness (QED) is 0.824. The number of hydrogen-bond acceptors (Lipinski definition) is 3. The summed E-state index contributed by atoms with van der Waals surface area (Å²) >= 11 is 0. The zero-order valence-electron chi connectivity index (χ0n) is 9.10. The molecule has 2 atom stereocenters. The van der Waals surface area contributed by atoms with Crippen molar-refractivity contribution >= 4 is 10.8 Å². The number of benzene rings is 1. The average molecular weight is 227 g/mol. The van der Waals surface area contributed by atoms with E-state index in [0.717, 1.165) is 11.3 Å². The van der Waals surface area contributed by atoms with E-state index in [1.165, 1.54) is 0 Å². The van der Waals surface area contributed by atoms with E-state index in [2.05, 4.69) is 0 Å². The van der Waals surface area contributed by atoms with Crippen LogP contribution >= 0.6 is 0 Å². The molecule has 1 aromatic rings. The maximum Gasteiger partial charge on any atom is 0.118 e. The van der Waals surface area contributed by atoms with E-state index in [-0.39, 0.29) is 6.04 Å². The highest BCUT2D eigenvalue weighted by atomic mass is 32.2. The molecule has 1 rings (SSSR count). The molecule has 0 saturated heterocycles. The van der Waals surface area contributed by atoms with E-state index in [9.17, 15) is 4.21 Å². The summed E-state index contributed by atoms with van der Waals surface area (Å²) in [7, 11) is 0.753. The molecule has 1 aromatic carbocycles. The minimum atomic E-state index is -0.875. The van der Waals surface area contributed by atoms with E-state index >= 15 is 0 Å². The monoisotopic (exact) mass is 227 g/mol. The smallest absolute Gasteiger partial charge is 0.118 e. The number of ether oxygens (including phenoxy) is 1. The van der Waals surface area contributed by atoms with Gasteiger partial charge >= 0.3 is 0 Å². The van der Waals surface area contributed by atoms with E-state index in [1.807, 2.05) is 31.2 Å². The molecule has 0 spiro atoms. The number of nitrogens with two attached hydrogens (primary N) is 1. The Balaban J connectivity index is 2.53. The molecule has 0 aliphatic rings. The Bertz CT molecular complexity index is 322. The molecule has 0 saturated carbocycles. The minimum absolute atomic E-state index is 0.0101. The molecule has 0 aromatic heterocycles. The van der Waals surface area contributed by atoms with Gasteiger partial charge < -0.3 is 10.5 Å². The highest BCUT2D eigenvalue weighted by Crippen LogP contribution is 2.12. The maximum atomic E-state index is 11.6. The fraction of sp³-hybridized carbons (Fsp3) is 0.455. The Morgan fingerprint density at radius 3 is 2.47 bits per heavy atom. The second-order valence-corrected chi connectivity index (χ2v) is 5.08. The van der Waals surface area contributed by atoms with Gasteiger partial charge in [0.05, 0.1) is 7.11 Å². The Morgan fingerprint density at radius 2 is 2.00 bits per heavy atom. The first-order valence-corrected chi connectivity index (χ1v) is 6.34. The van der Waals surface area contributed by atoms with Crippen molar-refractivity contribution in [1.29, 1.82) is 0 Å². The molecule has 0 bridgehead atoms. The van der Waals surface area contributed by atoms with Crippen molar-refractivity contribution in [2.24, 2.45) is 5.73 Å². The largest absolute Gasteiger partial charge is 0.497 e. The van der Waals surface area contributed by atoms with E-state index in [4.69, 9.17) is 10.5 Å². The highest BCUT2D eigenvalue weighted by Gasteiger charge is 2.04. The van der Waals surface area contributed by atoms with Crippen LogP contribution < -0.4 is 10.5 Å². The molecule has 0 heterocycles. The Hall–Kier alpha value is -0.870. The van der Waals surface area contributed by atoms with Gasteiger partial charge in [0.15, 0.2) is 0 Å². The van der Waals surface area contributed by atoms with Gasteiger partial charge in [-0.15, -0.1) is 0 Å². The summed E-state index contributed by atoms with van der Waals surface area (Å²) in [5.41, 5.74) is 6.63. The third-order valence-electron chi connectivity index (χ3n) is 1.94. The van der Waals surface area contributed by atoms with E-state index in [0.29, 0.717) is 11.5 Å². The van der Waals surface area contributed by atoms with E-state index in [1.54, 1.807) is 7.11 Å². The summed E-state index contributed by atoms with van der Waals surface area (Å²) < 4.78 is 16.6. The molecule has 3 nitrogen and oxygen atoms in total. The Kier molecular flexibility index (Phi) is 4.78. The predicted molar refractivity (Wildman–Crippen MR) is 63.4 cm³/mol. The summed E-state index contributed by atoms with van der Waals surface area (Å²) in [5.74, 6) is 1.93. The van der Waals surface area contributed by atoms with Crippen molar-refractivity contribution < 1.29 is 8.95 Å². The third kappa shape index (κ3) is 4.44. The van der Waals surface area contributed by atoms with Crippen LogP contribution in [0.1, 0.15) is 12.5 Å². The van der Waals surface area contributed by atoms with E-state index < -0.39 is 10.8 Å². The van der Waals surface area contributed by atoms with Crippen LogP contribution in [0.3, 0.4) is 0 Å². The van der Waals surface area contributed by atoms with Gasteiger partial charge in [-0.3, -0.25) is 4.21 Å². The molecule has 4 heteroatoms. The van der Waals surface area contributed by atoms with Crippen LogP contribution in [0.25, 0.3) is 0 Å². The molecule has 15 heavy (non-hydrogen) atoms. The topological polar surface area (TPSA) is 52.3 Å². The summed E-state index contributed by atoms with van der Waals surface area (Å²) in [6.45, 7) is 1.87. The molecule has 84 valence electrons. The Labute approximate surface area is 93.1 Å². The molecule has 2 unspecified atom stereocenters. The van der Waals surface area contributed by atoms with Crippen LogP contribution in [0.15, 0.2) is 24.3 Å². The van der Waals surface area contributed by atoms with Crippen LogP contribution in [-0.2, 0) is 16.6 Å². The molecule has 0 amide bonds. The highest BCUT2D eigenvalue weighted by molar-refractivity contribution is 7.84. The molecular formula is C11H17NO2S. The summed E-state index contributed by atoms with van der Waals surface area (Å²) in [6.07, 6.45) is 0. The second kappa shape index (κ2) is 5.88. The second-order valence-electron chi connectivity index (χ2n) is 3.58. The zero-order valence-corrected chi connectivity index (χ0v) is 9.92. The van der Waals surface area contributed by atoms with Crippen LogP contribution in [0.4, 0.5) is 0 Å². The van der Waals surface area contributed by atoms with Gasteiger partial charge in [-0.2, -0.15) is 0 Å². The fourth-order valence-corrected chi connectivity index (χ4v) is 2.53. The fourth-order valence-electron chi connectivity index (χ4n) is 1.26. The number of methoxy groups -OCH3 is 1. The van der Waals surface area contributed by atoms with Gasteiger partial charge in [0, 0.05) is 28.3 Å². The van der Waals surface area contributed by atoms with Crippen molar-refractivity contribution in [2.45, 2.75) is 18.7 Å². The normalized spacial score (nSPS) is 14.6. The van der Waals surface area contributed by atoms with Gasteiger partial charge in [-0.1, -0.05) is 12.1 Å². The number of rotatable bonds is 5. The van der Waals surface area contributed by atoms with Gasteiger partial charge in [0.1, 0.15) is 5.75 Å². The minimum Gasteiger partial charge on any atom is -0.497 e. The molecule has 0 aliphatic carbocycles. The lowest BCUT2D eigenvalue weighted by Crippen LogP contribution is -2.23. The van der Waals surface area contributed by atoms with Gasteiger partial charge in [0.25, 0.3) is 0 Å². The van der Waals surface area contributed by atoms with Crippen molar-refractivity contribution in [3.63, 3.8) is 0 Å². The maximum absolute atomic E-state index is 11.6. The van der Waals surface area contributed by atoms with Crippen molar-refractivity contribution in [1.82, 2.24) is 0 Å². The third-order valence-corrected chi connectivity index (χ3v) is 3.49. The summed E-state index contributed by atoms with van der Waals surface area (Å²) in [4.78, 5) is 0. The molecule has 2 N–H and O–H groups in total. The van der Waals surface area contributed by atoms with Crippen molar-refractivity contribution in [2.75, 3.05) is 12.9 Å². The molecule has 0 radical (unpaired) electrons. The Morgan fingerprint density at radius 1 is 1.40 bits per heavy atom. The lowest BCUT2D eigenvalue weighted by atomic mass is 10.2. The predicted octanol–water partition coefficient (Wildman–Crippen LogP) is 1.29. The van der Waals surface area contributed by atoms with Gasteiger partial charge in [0.2, 0.25) is 0 Å². The molecular weight excluding hydrogens is 210 g/mol. The van der Waals surface area contributed by atoms with Crippen LogP contribution in [0.5, 0.6) is 5.75 Å². The first-order chi connectivity index (χ1) is 7.11. The lowest BCUT2D eigenvalue weighted by Gasteiger charge is -2.06. The average Bonchev–Trinajstić information content (AvgIpc) is 2.17. The van der Waals surface area contributed by atoms with Crippen LogP contribution in [-0.4, -0.2) is 23.1 Å². The lowest BCUT2D eigenvalue weighted by molar-refractivity contribution is 0.414. The summed E-state index contributed by atoms with van der Waals surface area (Å²) in [6, 6.07) is 7.59. The van der Waals surface area contributed by atoms with Crippen molar-refractivity contribution in [3.8, 4) is 5.75 Å². The van der Waals surface area contributed by atoms with Crippen molar-refractivity contribution in [3.05, 3.63) is 29.8 Å². The van der Waals surface area contributed by atoms with Crippen LogP contribution in [0, 0.1) is 0 Å². The molecule has 0 fully saturated rings. The SMILES string of the molecule is COc1ccc(CS(=O)CC(C)N)cc1. The van der Waals surface area contributed by atoms with Crippen LogP contribution in [0.2, 0.25) is 0 Å². The van der Waals surface area contributed by atoms with Gasteiger partial charge in [-0.25, -0.2) is 0 Å². The first-order valence-electron chi connectivity index (χ1n) is 4.85. The molecule has 0 aliphatic heterocycles. The standard InChI is InChI=1S/C11H17NO2S/c1-9(12)7-15(13)8-10-3-5-11(14-2)6-4-10/h3-6,9H,7-8,12H2,1-2H3. The first kappa shape index (κ1) is 12.2. The summed E-state index contributed by atoms with van der Waals surface area (Å²) in [5, 5.41) is 0. The van der Waals surface area contributed by atoms with Gasteiger partial charge in [-0.05, 0) is 24.6 Å².